The standard InChI is InChI=1S/C19H27N5O/c1-23-19-18(20-9-10-21-19)17(22-23)15-8-5-11-24(13-15)16(25)12-14-6-3-2-4-7-14/h9-10,14-15H,2-8,11-13H2,1H3/t15-/m1/s1. The largest absolute Gasteiger partial charge is 0.342 e. The second-order valence-corrected chi connectivity index (χ2v) is 7.62. The fourth-order valence-corrected chi connectivity index (χ4v) is 4.47. The monoisotopic (exact) mass is 341 g/mol. The molecule has 1 aliphatic heterocycles. The molecule has 4 rings (SSSR count). The number of piperidine rings is 1. The average molecular weight is 341 g/mol. The Labute approximate surface area is 148 Å². The predicted molar refractivity (Wildman–Crippen MR) is 96.1 cm³/mol. The van der Waals surface area contributed by atoms with E-state index in [-0.39, 0.29) is 5.92 Å². The van der Waals surface area contributed by atoms with Crippen molar-refractivity contribution in [3.63, 3.8) is 0 Å². The Bertz CT molecular complexity index is 749. The van der Waals surface area contributed by atoms with E-state index in [0.29, 0.717) is 11.8 Å². The maximum Gasteiger partial charge on any atom is 0.222 e. The lowest BCUT2D eigenvalue weighted by molar-refractivity contribution is -0.133. The van der Waals surface area contributed by atoms with Crippen LogP contribution in [0.2, 0.25) is 0 Å². The number of aromatic nitrogens is 4. The zero-order chi connectivity index (χ0) is 17.2. The summed E-state index contributed by atoms with van der Waals surface area (Å²) >= 11 is 0. The first-order valence-corrected chi connectivity index (χ1v) is 9.64. The molecule has 2 aliphatic rings. The topological polar surface area (TPSA) is 63.9 Å². The number of hydrogen-bond donors (Lipinski definition) is 0. The first-order chi connectivity index (χ1) is 12.2. The molecule has 1 saturated heterocycles. The fraction of sp³-hybridized carbons (Fsp3) is 0.684. The van der Waals surface area contributed by atoms with Gasteiger partial charge in [-0.25, -0.2) is 14.6 Å². The van der Waals surface area contributed by atoms with E-state index in [1.165, 1.54) is 32.1 Å². The number of aryl methyl sites for hydroxylation is 1. The van der Waals surface area contributed by atoms with Crippen LogP contribution in [0.4, 0.5) is 0 Å². The number of rotatable bonds is 3. The number of amides is 1. The summed E-state index contributed by atoms with van der Waals surface area (Å²) in [5.74, 6) is 1.20. The van der Waals surface area contributed by atoms with Crippen molar-refractivity contribution >= 4 is 17.1 Å². The Balaban J connectivity index is 1.47. The Kier molecular flexibility index (Phi) is 4.68. The lowest BCUT2D eigenvalue weighted by Crippen LogP contribution is -2.40. The van der Waals surface area contributed by atoms with E-state index in [0.717, 1.165) is 49.2 Å². The van der Waals surface area contributed by atoms with Gasteiger partial charge in [0.15, 0.2) is 5.65 Å². The Morgan fingerprint density at radius 3 is 2.76 bits per heavy atom. The van der Waals surface area contributed by atoms with Crippen molar-refractivity contribution in [3.8, 4) is 0 Å². The molecule has 25 heavy (non-hydrogen) atoms. The first kappa shape index (κ1) is 16.5. The summed E-state index contributed by atoms with van der Waals surface area (Å²) in [5.41, 5.74) is 2.71. The summed E-state index contributed by atoms with van der Waals surface area (Å²) < 4.78 is 1.81. The average Bonchev–Trinajstić information content (AvgIpc) is 3.00. The van der Waals surface area contributed by atoms with E-state index < -0.39 is 0 Å². The van der Waals surface area contributed by atoms with E-state index >= 15 is 0 Å². The molecular weight excluding hydrogens is 314 g/mol. The minimum Gasteiger partial charge on any atom is -0.342 e. The lowest BCUT2D eigenvalue weighted by atomic mass is 9.86. The van der Waals surface area contributed by atoms with Gasteiger partial charge in [-0.05, 0) is 31.6 Å². The highest BCUT2D eigenvalue weighted by Gasteiger charge is 2.30. The van der Waals surface area contributed by atoms with Gasteiger partial charge < -0.3 is 4.90 Å². The summed E-state index contributed by atoms with van der Waals surface area (Å²) in [6.07, 6.45) is 12.6. The molecular formula is C19H27N5O. The predicted octanol–water partition coefficient (Wildman–Crippen LogP) is 3.04. The van der Waals surface area contributed by atoms with Crippen LogP contribution in [0, 0.1) is 5.92 Å². The molecule has 1 amide bonds. The van der Waals surface area contributed by atoms with Gasteiger partial charge in [0.05, 0.1) is 5.69 Å². The van der Waals surface area contributed by atoms with Crippen LogP contribution in [-0.2, 0) is 11.8 Å². The van der Waals surface area contributed by atoms with E-state index in [1.807, 2.05) is 7.05 Å². The number of carbonyl (C=O) groups excluding carboxylic acids is 1. The van der Waals surface area contributed by atoms with Crippen LogP contribution >= 0.6 is 0 Å². The third-order valence-corrected chi connectivity index (χ3v) is 5.83. The Hall–Kier alpha value is -1.98. The highest BCUT2D eigenvalue weighted by atomic mass is 16.2. The molecule has 1 atom stereocenters. The van der Waals surface area contributed by atoms with Gasteiger partial charge >= 0.3 is 0 Å². The van der Waals surface area contributed by atoms with Crippen LogP contribution < -0.4 is 0 Å². The van der Waals surface area contributed by atoms with Crippen molar-refractivity contribution < 1.29 is 4.79 Å². The summed E-state index contributed by atoms with van der Waals surface area (Å²) in [5, 5.41) is 4.68. The van der Waals surface area contributed by atoms with Gasteiger partial charge in [0.1, 0.15) is 5.52 Å². The normalized spacial score (nSPS) is 22.4. The number of hydrogen-bond acceptors (Lipinski definition) is 4. The zero-order valence-electron chi connectivity index (χ0n) is 15.0. The van der Waals surface area contributed by atoms with Crippen molar-refractivity contribution in [2.24, 2.45) is 13.0 Å². The zero-order valence-corrected chi connectivity index (χ0v) is 15.0. The molecule has 0 bridgehead atoms. The molecule has 3 heterocycles. The lowest BCUT2D eigenvalue weighted by Gasteiger charge is -2.33. The van der Waals surface area contributed by atoms with Gasteiger partial charge in [0.2, 0.25) is 5.91 Å². The first-order valence-electron chi connectivity index (χ1n) is 9.64. The van der Waals surface area contributed by atoms with Crippen LogP contribution in [0.5, 0.6) is 0 Å². The number of carbonyl (C=O) groups is 1. The Morgan fingerprint density at radius 2 is 1.92 bits per heavy atom. The van der Waals surface area contributed by atoms with Gasteiger partial charge in [-0.2, -0.15) is 5.10 Å². The number of likely N-dealkylation sites (tertiary alicyclic amines) is 1. The highest BCUT2D eigenvalue weighted by Crippen LogP contribution is 2.31. The smallest absolute Gasteiger partial charge is 0.222 e. The second-order valence-electron chi connectivity index (χ2n) is 7.62. The van der Waals surface area contributed by atoms with Gasteiger partial charge in [0, 0.05) is 44.9 Å². The Morgan fingerprint density at radius 1 is 1.12 bits per heavy atom. The summed E-state index contributed by atoms with van der Waals surface area (Å²) in [6.45, 7) is 1.66. The van der Waals surface area contributed by atoms with Crippen molar-refractivity contribution in [1.82, 2.24) is 24.6 Å². The summed E-state index contributed by atoms with van der Waals surface area (Å²) in [4.78, 5) is 23.7. The molecule has 2 aromatic rings. The quantitative estimate of drug-likeness (QED) is 0.861. The van der Waals surface area contributed by atoms with Gasteiger partial charge in [0.25, 0.3) is 0 Å². The van der Waals surface area contributed by atoms with Crippen molar-refractivity contribution in [3.05, 3.63) is 18.1 Å². The van der Waals surface area contributed by atoms with Crippen molar-refractivity contribution in [2.45, 2.75) is 57.3 Å². The summed E-state index contributed by atoms with van der Waals surface area (Å²) in [6, 6.07) is 0. The minimum atomic E-state index is 0.268. The van der Waals surface area contributed by atoms with Crippen LogP contribution in [0.15, 0.2) is 12.4 Å². The molecule has 6 heteroatoms. The van der Waals surface area contributed by atoms with Gasteiger partial charge in [-0.1, -0.05) is 19.3 Å². The molecule has 0 aromatic carbocycles. The molecule has 2 fully saturated rings. The van der Waals surface area contributed by atoms with Crippen LogP contribution in [0.25, 0.3) is 11.2 Å². The molecule has 1 aliphatic carbocycles. The van der Waals surface area contributed by atoms with Crippen molar-refractivity contribution in [1.29, 1.82) is 0 Å². The van der Waals surface area contributed by atoms with Crippen LogP contribution in [0.3, 0.4) is 0 Å². The van der Waals surface area contributed by atoms with E-state index in [9.17, 15) is 4.79 Å². The molecule has 0 radical (unpaired) electrons. The third-order valence-electron chi connectivity index (χ3n) is 5.83. The molecule has 134 valence electrons. The molecule has 1 saturated carbocycles. The summed E-state index contributed by atoms with van der Waals surface area (Å²) in [7, 11) is 1.91. The van der Waals surface area contributed by atoms with Crippen molar-refractivity contribution in [2.75, 3.05) is 13.1 Å². The van der Waals surface area contributed by atoms with E-state index in [2.05, 4.69) is 20.0 Å². The maximum absolute atomic E-state index is 12.8. The SMILES string of the molecule is Cn1nc([C@@H]2CCCN(C(=O)CC3CCCCC3)C2)c2nccnc21. The molecule has 0 spiro atoms. The number of fused-ring (bicyclic) bond motifs is 1. The molecule has 2 aromatic heterocycles. The van der Waals surface area contributed by atoms with E-state index in [4.69, 9.17) is 0 Å². The molecule has 0 N–H and O–H groups in total. The van der Waals surface area contributed by atoms with Crippen LogP contribution in [-0.4, -0.2) is 43.6 Å². The van der Waals surface area contributed by atoms with Crippen LogP contribution in [0.1, 0.15) is 63.0 Å². The fourth-order valence-electron chi connectivity index (χ4n) is 4.47. The molecule has 6 nitrogen and oxygen atoms in total. The van der Waals surface area contributed by atoms with Gasteiger partial charge in [-0.15, -0.1) is 0 Å². The van der Waals surface area contributed by atoms with Gasteiger partial charge in [-0.3, -0.25) is 4.79 Å². The molecule has 0 unspecified atom stereocenters. The number of nitrogens with zero attached hydrogens (tertiary/aromatic N) is 5. The second kappa shape index (κ2) is 7.10. The maximum atomic E-state index is 12.8. The van der Waals surface area contributed by atoms with E-state index in [1.54, 1.807) is 17.1 Å². The minimum absolute atomic E-state index is 0.268. The third kappa shape index (κ3) is 3.39. The highest BCUT2D eigenvalue weighted by molar-refractivity contribution is 5.77.